The number of aromatic nitrogens is 2. The Morgan fingerprint density at radius 2 is 1.86 bits per heavy atom. The third-order valence-electron chi connectivity index (χ3n) is 4.18. The predicted molar refractivity (Wildman–Crippen MR) is 114 cm³/mol. The van der Waals surface area contributed by atoms with Crippen LogP contribution in [-0.4, -0.2) is 28.7 Å². The van der Waals surface area contributed by atoms with Crippen LogP contribution in [0.3, 0.4) is 0 Å². The van der Waals surface area contributed by atoms with E-state index in [1.54, 1.807) is 19.5 Å². The highest BCUT2D eigenvalue weighted by atomic mass is 32.2. The molecule has 0 saturated heterocycles. The highest BCUT2D eigenvalue weighted by Crippen LogP contribution is 2.29. The molecular formula is C22H23N3O3S. The Bertz CT molecular complexity index is 964. The molecule has 150 valence electrons. The van der Waals surface area contributed by atoms with E-state index in [9.17, 15) is 4.79 Å². The standard InChI is InChI=1S/C22H23N3O3S/c1-15-7-9-18(10-8-15)28-21-22(24-12-11-23-21)29-14-20(26)25-16(2)17-5-4-6-19(13-17)27-3/h4-13,16H,14H2,1-3H3,(H,25,26)/t16-/m1/s1. The number of hydrogen-bond acceptors (Lipinski definition) is 6. The number of aryl methyl sites for hydroxylation is 1. The summed E-state index contributed by atoms with van der Waals surface area (Å²) >= 11 is 1.29. The fourth-order valence-electron chi connectivity index (χ4n) is 2.61. The third kappa shape index (κ3) is 5.96. The van der Waals surface area contributed by atoms with E-state index >= 15 is 0 Å². The van der Waals surface area contributed by atoms with Gasteiger partial charge in [-0.1, -0.05) is 41.6 Å². The predicted octanol–water partition coefficient (Wildman–Crippen LogP) is 4.56. The van der Waals surface area contributed by atoms with Crippen LogP contribution in [0.4, 0.5) is 0 Å². The van der Waals surface area contributed by atoms with Crippen molar-refractivity contribution in [3.63, 3.8) is 0 Å². The lowest BCUT2D eigenvalue weighted by Gasteiger charge is -2.15. The van der Waals surface area contributed by atoms with Gasteiger partial charge in [0.25, 0.3) is 5.88 Å². The van der Waals surface area contributed by atoms with Gasteiger partial charge in [-0.25, -0.2) is 9.97 Å². The van der Waals surface area contributed by atoms with Gasteiger partial charge in [-0.3, -0.25) is 4.79 Å². The summed E-state index contributed by atoms with van der Waals surface area (Å²) in [6.45, 7) is 3.95. The summed E-state index contributed by atoms with van der Waals surface area (Å²) in [4.78, 5) is 21.0. The van der Waals surface area contributed by atoms with Crippen molar-refractivity contribution in [1.82, 2.24) is 15.3 Å². The molecule has 0 aliphatic carbocycles. The highest BCUT2D eigenvalue weighted by molar-refractivity contribution is 8.00. The Kier molecular flexibility index (Phi) is 7.08. The number of nitrogens with zero attached hydrogens (tertiary/aromatic N) is 2. The number of benzene rings is 2. The molecule has 0 radical (unpaired) electrons. The summed E-state index contributed by atoms with van der Waals surface area (Å²) in [7, 11) is 1.62. The second kappa shape index (κ2) is 9.93. The van der Waals surface area contributed by atoms with Crippen molar-refractivity contribution in [3.8, 4) is 17.4 Å². The average molecular weight is 410 g/mol. The van der Waals surface area contributed by atoms with E-state index in [0.717, 1.165) is 16.9 Å². The average Bonchev–Trinajstić information content (AvgIpc) is 2.74. The molecule has 2 aromatic carbocycles. The van der Waals surface area contributed by atoms with Gasteiger partial charge in [-0.05, 0) is 43.7 Å². The van der Waals surface area contributed by atoms with Gasteiger partial charge in [0.05, 0.1) is 18.9 Å². The number of hydrogen-bond donors (Lipinski definition) is 1. The van der Waals surface area contributed by atoms with E-state index in [0.29, 0.717) is 16.7 Å². The molecule has 0 spiro atoms. The van der Waals surface area contributed by atoms with Gasteiger partial charge < -0.3 is 14.8 Å². The number of methoxy groups -OCH3 is 1. The molecule has 0 saturated carbocycles. The minimum atomic E-state index is -0.136. The Morgan fingerprint density at radius 3 is 2.62 bits per heavy atom. The van der Waals surface area contributed by atoms with Gasteiger partial charge >= 0.3 is 0 Å². The molecular weight excluding hydrogens is 386 g/mol. The van der Waals surface area contributed by atoms with Crippen LogP contribution < -0.4 is 14.8 Å². The molecule has 1 N–H and O–H groups in total. The maximum atomic E-state index is 12.4. The zero-order valence-corrected chi connectivity index (χ0v) is 17.4. The number of rotatable bonds is 8. The largest absolute Gasteiger partial charge is 0.497 e. The molecule has 0 unspecified atom stereocenters. The first-order valence-electron chi connectivity index (χ1n) is 9.17. The molecule has 7 heteroatoms. The van der Waals surface area contributed by atoms with E-state index in [1.165, 1.54) is 11.8 Å². The zero-order valence-electron chi connectivity index (χ0n) is 16.6. The van der Waals surface area contributed by atoms with Gasteiger partial charge in [0.2, 0.25) is 5.91 Å². The summed E-state index contributed by atoms with van der Waals surface area (Å²) in [5.41, 5.74) is 2.12. The molecule has 0 bridgehead atoms. The molecule has 1 aromatic heterocycles. The second-order valence-electron chi connectivity index (χ2n) is 6.44. The first-order valence-corrected chi connectivity index (χ1v) is 10.2. The number of amides is 1. The SMILES string of the molecule is COc1cccc([C@@H](C)NC(=O)CSc2nccnc2Oc2ccc(C)cc2)c1. The summed E-state index contributed by atoms with van der Waals surface area (Å²) in [5.74, 6) is 1.92. The van der Waals surface area contributed by atoms with Crippen molar-refractivity contribution in [3.05, 3.63) is 72.1 Å². The number of ether oxygens (including phenoxy) is 2. The van der Waals surface area contributed by atoms with Crippen LogP contribution in [0.25, 0.3) is 0 Å². The molecule has 0 aliphatic heterocycles. The lowest BCUT2D eigenvalue weighted by atomic mass is 10.1. The quantitative estimate of drug-likeness (QED) is 0.550. The summed E-state index contributed by atoms with van der Waals surface area (Å²) in [6.07, 6.45) is 3.15. The zero-order chi connectivity index (χ0) is 20.6. The van der Waals surface area contributed by atoms with Crippen molar-refractivity contribution in [1.29, 1.82) is 0 Å². The fraction of sp³-hybridized carbons (Fsp3) is 0.227. The molecule has 1 atom stereocenters. The normalized spacial score (nSPS) is 11.6. The van der Waals surface area contributed by atoms with E-state index in [2.05, 4.69) is 15.3 Å². The second-order valence-corrected chi connectivity index (χ2v) is 7.40. The van der Waals surface area contributed by atoms with Crippen LogP contribution in [-0.2, 0) is 4.79 Å². The van der Waals surface area contributed by atoms with Gasteiger partial charge in [0.1, 0.15) is 11.5 Å². The van der Waals surface area contributed by atoms with Crippen LogP contribution in [0.2, 0.25) is 0 Å². The van der Waals surface area contributed by atoms with Crippen molar-refractivity contribution < 1.29 is 14.3 Å². The van der Waals surface area contributed by atoms with E-state index < -0.39 is 0 Å². The van der Waals surface area contributed by atoms with E-state index in [4.69, 9.17) is 9.47 Å². The summed E-state index contributed by atoms with van der Waals surface area (Å²) in [5, 5.41) is 3.56. The van der Waals surface area contributed by atoms with Crippen LogP contribution in [0.1, 0.15) is 24.1 Å². The number of nitrogens with one attached hydrogen (secondary N) is 1. The van der Waals surface area contributed by atoms with Crippen molar-refractivity contribution in [2.75, 3.05) is 12.9 Å². The lowest BCUT2D eigenvalue weighted by Crippen LogP contribution is -2.28. The van der Waals surface area contributed by atoms with Crippen molar-refractivity contribution in [2.45, 2.75) is 24.9 Å². The molecule has 0 aliphatic rings. The van der Waals surface area contributed by atoms with Gasteiger partial charge in [0.15, 0.2) is 5.03 Å². The molecule has 0 fully saturated rings. The van der Waals surface area contributed by atoms with E-state index in [-0.39, 0.29) is 17.7 Å². The van der Waals surface area contributed by atoms with E-state index in [1.807, 2.05) is 62.4 Å². The molecule has 29 heavy (non-hydrogen) atoms. The first kappa shape index (κ1) is 20.7. The van der Waals surface area contributed by atoms with Crippen LogP contribution in [0.5, 0.6) is 17.4 Å². The Balaban J connectivity index is 1.59. The van der Waals surface area contributed by atoms with Crippen LogP contribution in [0, 0.1) is 6.92 Å². The summed E-state index contributed by atoms with van der Waals surface area (Å²) in [6, 6.07) is 15.2. The van der Waals surface area contributed by atoms with Crippen LogP contribution >= 0.6 is 11.8 Å². The minimum Gasteiger partial charge on any atom is -0.497 e. The number of thioether (sulfide) groups is 1. The first-order chi connectivity index (χ1) is 14.0. The Labute approximate surface area is 174 Å². The molecule has 6 nitrogen and oxygen atoms in total. The van der Waals surface area contributed by atoms with Crippen LogP contribution in [0.15, 0.2) is 66.0 Å². The molecule has 1 heterocycles. The van der Waals surface area contributed by atoms with Gasteiger partial charge in [0, 0.05) is 12.4 Å². The molecule has 3 rings (SSSR count). The highest BCUT2D eigenvalue weighted by Gasteiger charge is 2.14. The molecule has 3 aromatic rings. The van der Waals surface area contributed by atoms with Gasteiger partial charge in [-0.2, -0.15) is 0 Å². The smallest absolute Gasteiger partial charge is 0.252 e. The van der Waals surface area contributed by atoms with Crippen molar-refractivity contribution >= 4 is 17.7 Å². The number of carbonyl (C=O) groups is 1. The summed E-state index contributed by atoms with van der Waals surface area (Å²) < 4.78 is 11.1. The molecule has 1 amide bonds. The van der Waals surface area contributed by atoms with Crippen molar-refractivity contribution in [2.24, 2.45) is 0 Å². The number of carbonyl (C=O) groups excluding carboxylic acids is 1. The Morgan fingerprint density at radius 1 is 1.10 bits per heavy atom. The topological polar surface area (TPSA) is 73.3 Å². The van der Waals surface area contributed by atoms with Gasteiger partial charge in [-0.15, -0.1) is 0 Å². The third-order valence-corrected chi connectivity index (χ3v) is 5.14. The fourth-order valence-corrected chi connectivity index (χ4v) is 3.32. The Hall–Kier alpha value is -3.06. The lowest BCUT2D eigenvalue weighted by molar-refractivity contribution is -0.119. The minimum absolute atomic E-state index is 0.0998. The monoisotopic (exact) mass is 409 g/mol. The maximum absolute atomic E-state index is 12.4. The maximum Gasteiger partial charge on any atom is 0.252 e.